The zero-order valence-electron chi connectivity index (χ0n) is 12.3. The van der Waals surface area contributed by atoms with Crippen LogP contribution in [0.4, 0.5) is 4.79 Å². The van der Waals surface area contributed by atoms with Gasteiger partial charge in [-0.05, 0) is 61.3 Å². The number of amides is 1. The summed E-state index contributed by atoms with van der Waals surface area (Å²) in [6.07, 6.45) is 0.177. The maximum absolute atomic E-state index is 11.4. The minimum absolute atomic E-state index is 0.406. The third-order valence-electron chi connectivity index (χ3n) is 2.26. The number of carbonyl (C=O) groups excluding carboxylic acids is 1. The highest BCUT2D eigenvalue weighted by Crippen LogP contribution is 2.16. The lowest BCUT2D eigenvalue weighted by Crippen LogP contribution is -2.32. The maximum Gasteiger partial charge on any atom is 0.407 e. The molecule has 0 atom stereocenters. The molecule has 0 radical (unpaired) electrons. The molecule has 0 heterocycles. The summed E-state index contributed by atoms with van der Waals surface area (Å²) < 4.78 is 6.11. The summed E-state index contributed by atoms with van der Waals surface area (Å²) in [6.45, 7) is 8.01. The molecule has 0 spiro atoms. The molecule has 4 heteroatoms. The van der Waals surface area contributed by atoms with Crippen LogP contribution in [-0.4, -0.2) is 18.2 Å². The molecule has 0 saturated heterocycles. The van der Waals surface area contributed by atoms with Gasteiger partial charge in [-0.2, -0.15) is 0 Å². The molecule has 1 amide bonds. The molecule has 1 rings (SSSR count). The Bertz CT molecular complexity index is 536. The van der Waals surface area contributed by atoms with Gasteiger partial charge in [-0.3, -0.25) is 0 Å². The molecular weight excluding hydrogens is 318 g/mol. The quantitative estimate of drug-likeness (QED) is 0.653. The number of rotatable bonds is 2. The first-order valence-corrected chi connectivity index (χ1v) is 7.29. The van der Waals surface area contributed by atoms with Crippen LogP contribution in [0.2, 0.25) is 0 Å². The second kappa shape index (κ2) is 7.35. The van der Waals surface area contributed by atoms with Gasteiger partial charge in [0, 0.05) is 23.0 Å². The van der Waals surface area contributed by atoms with Crippen molar-refractivity contribution in [2.24, 2.45) is 0 Å². The molecule has 0 aliphatic rings. The molecule has 0 saturated carbocycles. The second-order valence-electron chi connectivity index (χ2n) is 5.46. The molecule has 0 fully saturated rings. The fraction of sp³-hybridized carbons (Fsp3) is 0.438. The minimum atomic E-state index is -0.470. The average molecular weight is 338 g/mol. The number of ether oxygens (including phenoxy) is 1. The van der Waals surface area contributed by atoms with Crippen molar-refractivity contribution >= 4 is 22.0 Å². The van der Waals surface area contributed by atoms with Gasteiger partial charge in [0.2, 0.25) is 0 Å². The summed E-state index contributed by atoms with van der Waals surface area (Å²) in [5, 5.41) is 2.68. The van der Waals surface area contributed by atoms with Gasteiger partial charge >= 0.3 is 6.09 Å². The van der Waals surface area contributed by atoms with Gasteiger partial charge in [-0.25, -0.2) is 4.79 Å². The highest BCUT2D eigenvalue weighted by Gasteiger charge is 2.15. The smallest absolute Gasteiger partial charge is 0.407 e. The molecule has 0 unspecified atom stereocenters. The van der Waals surface area contributed by atoms with Gasteiger partial charge < -0.3 is 10.1 Å². The number of hydrogen-bond donors (Lipinski definition) is 1. The van der Waals surface area contributed by atoms with Crippen molar-refractivity contribution in [3.8, 4) is 11.8 Å². The van der Waals surface area contributed by atoms with Crippen LogP contribution in [0.3, 0.4) is 0 Å². The number of alkyl carbamates (subject to hydrolysis) is 1. The van der Waals surface area contributed by atoms with Crippen molar-refractivity contribution < 1.29 is 9.53 Å². The fourth-order valence-electron chi connectivity index (χ4n) is 1.43. The summed E-state index contributed by atoms with van der Waals surface area (Å²) >= 11 is 3.46. The first-order valence-electron chi connectivity index (χ1n) is 6.50. The van der Waals surface area contributed by atoms with E-state index >= 15 is 0 Å². The summed E-state index contributed by atoms with van der Waals surface area (Å²) in [4.78, 5) is 11.4. The highest BCUT2D eigenvalue weighted by molar-refractivity contribution is 9.10. The first kappa shape index (κ1) is 16.6. The number of carbonyl (C=O) groups is 1. The van der Waals surface area contributed by atoms with E-state index < -0.39 is 11.7 Å². The van der Waals surface area contributed by atoms with E-state index in [0.29, 0.717) is 13.0 Å². The van der Waals surface area contributed by atoms with Gasteiger partial charge in [0.1, 0.15) is 5.60 Å². The van der Waals surface area contributed by atoms with Gasteiger partial charge in [-0.1, -0.05) is 17.9 Å². The minimum Gasteiger partial charge on any atom is -0.444 e. The van der Waals surface area contributed by atoms with E-state index in [1.54, 1.807) is 0 Å². The molecule has 3 nitrogen and oxygen atoms in total. The summed E-state index contributed by atoms with van der Waals surface area (Å²) in [6, 6.07) is 6.04. The number of nitrogens with one attached hydrogen (secondary N) is 1. The Balaban J connectivity index is 2.40. The van der Waals surface area contributed by atoms with Gasteiger partial charge in [-0.15, -0.1) is 0 Å². The molecule has 1 aromatic rings. The topological polar surface area (TPSA) is 38.3 Å². The zero-order valence-corrected chi connectivity index (χ0v) is 13.9. The van der Waals surface area contributed by atoms with Crippen LogP contribution in [0.1, 0.15) is 38.3 Å². The van der Waals surface area contributed by atoms with Crippen LogP contribution < -0.4 is 5.32 Å². The molecular formula is C16H20BrNO2. The van der Waals surface area contributed by atoms with Crippen LogP contribution in [0, 0.1) is 18.8 Å². The molecule has 20 heavy (non-hydrogen) atoms. The van der Waals surface area contributed by atoms with Crippen LogP contribution >= 0.6 is 15.9 Å². The van der Waals surface area contributed by atoms with Gasteiger partial charge in [0.25, 0.3) is 0 Å². The summed E-state index contributed by atoms with van der Waals surface area (Å²) in [7, 11) is 0. The van der Waals surface area contributed by atoms with E-state index in [1.807, 2.05) is 45.9 Å². The SMILES string of the molecule is Cc1ccc(Br)c(C#CCCNC(=O)OC(C)(C)C)c1. The lowest BCUT2D eigenvalue weighted by Gasteiger charge is -2.19. The average Bonchev–Trinajstić information content (AvgIpc) is 2.30. The summed E-state index contributed by atoms with van der Waals surface area (Å²) in [5.74, 6) is 6.12. The van der Waals surface area contributed by atoms with Crippen molar-refractivity contribution in [2.75, 3.05) is 6.54 Å². The second-order valence-corrected chi connectivity index (χ2v) is 6.32. The Morgan fingerprint density at radius 2 is 2.10 bits per heavy atom. The largest absolute Gasteiger partial charge is 0.444 e. The van der Waals surface area contributed by atoms with Crippen molar-refractivity contribution in [3.63, 3.8) is 0 Å². The molecule has 0 aromatic heterocycles. The Labute approximate surface area is 129 Å². The Morgan fingerprint density at radius 1 is 1.40 bits per heavy atom. The van der Waals surface area contributed by atoms with E-state index in [4.69, 9.17) is 4.74 Å². The standard InChI is InChI=1S/C16H20BrNO2/c1-12-8-9-14(17)13(11-12)7-5-6-10-18-15(19)20-16(2,3)4/h8-9,11H,6,10H2,1-4H3,(H,18,19). The molecule has 0 aliphatic carbocycles. The summed E-state index contributed by atoms with van der Waals surface area (Å²) in [5.41, 5.74) is 1.66. The van der Waals surface area contributed by atoms with Gasteiger partial charge in [0.15, 0.2) is 0 Å². The number of hydrogen-bond acceptors (Lipinski definition) is 2. The number of aryl methyl sites for hydroxylation is 1. The first-order chi connectivity index (χ1) is 9.28. The number of benzene rings is 1. The van der Waals surface area contributed by atoms with Crippen molar-refractivity contribution in [1.29, 1.82) is 0 Å². The van der Waals surface area contributed by atoms with Crippen molar-refractivity contribution in [3.05, 3.63) is 33.8 Å². The lowest BCUT2D eigenvalue weighted by atomic mass is 10.1. The van der Waals surface area contributed by atoms with E-state index in [2.05, 4.69) is 33.1 Å². The van der Waals surface area contributed by atoms with E-state index in [9.17, 15) is 4.79 Å². The Kier molecular flexibility index (Phi) is 6.09. The third-order valence-corrected chi connectivity index (χ3v) is 2.95. The Morgan fingerprint density at radius 3 is 2.75 bits per heavy atom. The predicted octanol–water partition coefficient (Wildman–Crippen LogP) is 4.02. The lowest BCUT2D eigenvalue weighted by molar-refractivity contribution is 0.0529. The van der Waals surface area contributed by atoms with E-state index in [0.717, 1.165) is 10.0 Å². The van der Waals surface area contributed by atoms with Crippen LogP contribution in [-0.2, 0) is 4.74 Å². The molecule has 1 N–H and O–H groups in total. The van der Waals surface area contributed by atoms with Crippen LogP contribution in [0.25, 0.3) is 0 Å². The highest BCUT2D eigenvalue weighted by atomic mass is 79.9. The number of halogens is 1. The van der Waals surface area contributed by atoms with Crippen LogP contribution in [0.5, 0.6) is 0 Å². The maximum atomic E-state index is 11.4. The van der Waals surface area contributed by atoms with E-state index in [1.165, 1.54) is 5.56 Å². The molecule has 1 aromatic carbocycles. The molecule has 108 valence electrons. The third kappa shape index (κ3) is 6.63. The molecule has 0 aliphatic heterocycles. The predicted molar refractivity (Wildman–Crippen MR) is 84.6 cm³/mol. The Hall–Kier alpha value is -1.47. The van der Waals surface area contributed by atoms with Crippen molar-refractivity contribution in [1.82, 2.24) is 5.32 Å². The fourth-order valence-corrected chi connectivity index (χ4v) is 1.78. The molecule has 0 bridgehead atoms. The normalized spacial score (nSPS) is 10.4. The van der Waals surface area contributed by atoms with E-state index in [-0.39, 0.29) is 0 Å². The van der Waals surface area contributed by atoms with Gasteiger partial charge in [0.05, 0.1) is 0 Å². The zero-order chi connectivity index (χ0) is 15.2. The van der Waals surface area contributed by atoms with Crippen LogP contribution in [0.15, 0.2) is 22.7 Å². The monoisotopic (exact) mass is 337 g/mol. The van der Waals surface area contributed by atoms with Crippen molar-refractivity contribution in [2.45, 2.75) is 39.7 Å².